The minimum absolute atomic E-state index is 0. The van der Waals surface area contributed by atoms with Crippen LogP contribution in [0.1, 0.15) is 11.1 Å². The topological polar surface area (TPSA) is 108 Å². The summed E-state index contributed by atoms with van der Waals surface area (Å²) in [6.45, 7) is -0.119. The van der Waals surface area contributed by atoms with Crippen molar-refractivity contribution in [3.05, 3.63) is 53.6 Å². The Labute approximate surface area is 174 Å². The van der Waals surface area contributed by atoms with E-state index in [1.54, 1.807) is 24.3 Å². The van der Waals surface area contributed by atoms with Crippen molar-refractivity contribution in [2.45, 2.75) is 12.8 Å². The number of methoxy groups -OCH3 is 1. The van der Waals surface area contributed by atoms with Gasteiger partial charge in [-0.25, -0.2) is 0 Å². The molecule has 0 saturated heterocycles. The molecule has 1 unspecified atom stereocenters. The van der Waals surface area contributed by atoms with Crippen LogP contribution in [0, 0.1) is 0 Å². The number of hydrogen-bond donors (Lipinski definition) is 2. The van der Waals surface area contributed by atoms with Gasteiger partial charge in [-0.05, 0) is 48.2 Å². The Morgan fingerprint density at radius 3 is 2.08 bits per heavy atom. The van der Waals surface area contributed by atoms with Gasteiger partial charge in [-0.3, -0.25) is 4.57 Å². The summed E-state index contributed by atoms with van der Waals surface area (Å²) in [5.41, 5.74) is 1.60. The Morgan fingerprint density at radius 1 is 0.962 bits per heavy atom. The van der Waals surface area contributed by atoms with E-state index in [-0.39, 0.29) is 54.3 Å². The van der Waals surface area contributed by atoms with E-state index >= 15 is 0 Å². The first-order valence-electron chi connectivity index (χ1n) is 7.63. The first-order chi connectivity index (χ1) is 11.9. The largest absolute Gasteiger partial charge is 1.00 e. The Balaban J connectivity index is 0.00000338. The van der Waals surface area contributed by atoms with Crippen molar-refractivity contribution in [2.75, 3.05) is 20.3 Å². The molecular formula is C17H20NaO7P. The Kier molecular flexibility index (Phi) is 9.68. The number of phosphoric ester groups is 1. The van der Waals surface area contributed by atoms with Crippen LogP contribution in [-0.4, -0.2) is 30.5 Å². The number of phenolic OH excluding ortho intramolecular Hbond substituents is 2. The molecule has 2 N–H and O–H groups in total. The van der Waals surface area contributed by atoms with Gasteiger partial charge in [0.05, 0.1) is 20.3 Å². The number of benzene rings is 2. The first kappa shape index (κ1) is 23.0. The molecular weight excluding hydrogens is 370 g/mol. The van der Waals surface area contributed by atoms with E-state index in [0.717, 1.165) is 11.1 Å². The van der Waals surface area contributed by atoms with E-state index in [0.29, 0.717) is 18.6 Å². The van der Waals surface area contributed by atoms with Crippen LogP contribution in [-0.2, 0) is 26.5 Å². The van der Waals surface area contributed by atoms with Crippen LogP contribution in [0.5, 0.6) is 17.2 Å². The van der Waals surface area contributed by atoms with Crippen molar-refractivity contribution in [1.82, 2.24) is 0 Å². The zero-order valence-electron chi connectivity index (χ0n) is 14.8. The van der Waals surface area contributed by atoms with Crippen LogP contribution < -0.4 is 39.2 Å². The van der Waals surface area contributed by atoms with E-state index in [1.807, 2.05) is 0 Å². The summed E-state index contributed by atoms with van der Waals surface area (Å²) in [4.78, 5) is 11.7. The van der Waals surface area contributed by atoms with Crippen molar-refractivity contribution in [3.63, 3.8) is 0 Å². The molecule has 0 aliphatic carbocycles. The molecule has 0 aliphatic heterocycles. The third-order valence-corrected chi connectivity index (χ3v) is 4.46. The van der Waals surface area contributed by atoms with Crippen LogP contribution in [0.2, 0.25) is 0 Å². The molecule has 0 saturated carbocycles. The summed E-state index contributed by atoms with van der Waals surface area (Å²) in [6, 6.07) is 11.2. The summed E-state index contributed by atoms with van der Waals surface area (Å²) in [5.74, 6) is 0.473. The fourth-order valence-corrected chi connectivity index (χ4v) is 2.83. The maximum absolute atomic E-state index is 11.7. The Morgan fingerprint density at radius 2 is 1.50 bits per heavy atom. The van der Waals surface area contributed by atoms with Crippen molar-refractivity contribution in [3.8, 4) is 17.2 Å². The van der Waals surface area contributed by atoms with Gasteiger partial charge in [-0.15, -0.1) is 0 Å². The fraction of sp³-hybridized carbons (Fsp3) is 0.294. The monoisotopic (exact) mass is 390 g/mol. The van der Waals surface area contributed by atoms with E-state index in [2.05, 4.69) is 0 Å². The van der Waals surface area contributed by atoms with Crippen LogP contribution in [0.3, 0.4) is 0 Å². The number of rotatable bonds is 9. The van der Waals surface area contributed by atoms with Crippen LogP contribution in [0.4, 0.5) is 0 Å². The first-order valence-corrected chi connectivity index (χ1v) is 9.09. The molecule has 26 heavy (non-hydrogen) atoms. The molecule has 0 heterocycles. The molecule has 1 atom stereocenters. The maximum Gasteiger partial charge on any atom is 1.00 e. The molecule has 0 fully saturated rings. The number of ether oxygens (including phenoxy) is 1. The summed E-state index contributed by atoms with van der Waals surface area (Å²) in [7, 11) is -2.95. The quantitative estimate of drug-likeness (QED) is 0.435. The van der Waals surface area contributed by atoms with Gasteiger partial charge in [0, 0.05) is 0 Å². The number of hydrogen-bond acceptors (Lipinski definition) is 7. The minimum Gasteiger partial charge on any atom is -0.756 e. The normalized spacial score (nSPS) is 12.8. The number of phenols is 2. The summed E-state index contributed by atoms with van der Waals surface area (Å²) in [6.07, 6.45) is 0.704. The third kappa shape index (κ3) is 7.68. The van der Waals surface area contributed by atoms with Gasteiger partial charge in [0.25, 0.3) is 7.82 Å². The van der Waals surface area contributed by atoms with E-state index in [4.69, 9.17) is 13.8 Å². The summed E-state index contributed by atoms with van der Waals surface area (Å²) < 4.78 is 26.4. The van der Waals surface area contributed by atoms with Gasteiger partial charge in [0.1, 0.15) is 5.75 Å². The standard InChI is InChI=1S/C17H21O7P.Na/c1-22-17-12-14(4-7-16(17)19)9-11-24-25(20,21)23-10-8-13-2-5-15(18)6-3-13;/h2-7,12,18-19H,8-11H2,1H3,(H,20,21);/q;+1/p-1. The summed E-state index contributed by atoms with van der Waals surface area (Å²) >= 11 is 0. The average Bonchev–Trinajstić information content (AvgIpc) is 2.58. The van der Waals surface area contributed by atoms with Crippen LogP contribution in [0.25, 0.3) is 0 Å². The zero-order chi connectivity index (χ0) is 18.3. The molecule has 9 heteroatoms. The van der Waals surface area contributed by atoms with Crippen molar-refractivity contribution >= 4 is 7.82 Å². The zero-order valence-corrected chi connectivity index (χ0v) is 17.6. The van der Waals surface area contributed by atoms with Gasteiger partial charge >= 0.3 is 29.6 Å². The van der Waals surface area contributed by atoms with Crippen molar-refractivity contribution in [2.24, 2.45) is 0 Å². The SMILES string of the molecule is COc1cc(CCOP(=O)([O-])OCCc2ccc(O)cc2)ccc1O.[Na+]. The van der Waals surface area contributed by atoms with E-state index < -0.39 is 7.82 Å². The molecule has 0 spiro atoms. The Hall–Kier alpha value is -1.05. The molecule has 0 radical (unpaired) electrons. The fourth-order valence-electron chi connectivity index (χ4n) is 2.13. The van der Waals surface area contributed by atoms with Crippen LogP contribution >= 0.6 is 7.82 Å². The molecule has 0 aromatic heterocycles. The molecule has 2 aromatic rings. The van der Waals surface area contributed by atoms with E-state index in [9.17, 15) is 19.7 Å². The van der Waals surface area contributed by atoms with Gasteiger partial charge in [-0.2, -0.15) is 0 Å². The van der Waals surface area contributed by atoms with Crippen molar-refractivity contribution in [1.29, 1.82) is 0 Å². The Bertz CT molecular complexity index is 736. The molecule has 7 nitrogen and oxygen atoms in total. The maximum atomic E-state index is 11.7. The van der Waals surface area contributed by atoms with Gasteiger partial charge in [0.15, 0.2) is 11.5 Å². The van der Waals surface area contributed by atoms with Gasteiger partial charge in [-0.1, -0.05) is 18.2 Å². The molecule has 2 aromatic carbocycles. The second kappa shape index (κ2) is 10.9. The third-order valence-electron chi connectivity index (χ3n) is 3.46. The number of aromatic hydroxyl groups is 2. The average molecular weight is 390 g/mol. The summed E-state index contributed by atoms with van der Waals surface area (Å²) in [5, 5.41) is 18.7. The smallest absolute Gasteiger partial charge is 0.756 e. The van der Waals surface area contributed by atoms with Crippen molar-refractivity contribution < 1.29 is 63.0 Å². The number of phosphoric acid groups is 1. The van der Waals surface area contributed by atoms with Gasteiger partial charge in [0.2, 0.25) is 0 Å². The van der Waals surface area contributed by atoms with Gasteiger partial charge < -0.3 is 28.9 Å². The van der Waals surface area contributed by atoms with E-state index in [1.165, 1.54) is 25.3 Å². The molecule has 2 rings (SSSR count). The molecule has 136 valence electrons. The molecule has 0 aliphatic rings. The molecule has 0 amide bonds. The predicted molar refractivity (Wildman–Crippen MR) is 89.7 cm³/mol. The second-order valence-corrected chi connectivity index (χ2v) is 6.70. The minimum atomic E-state index is -4.38. The predicted octanol–water partition coefficient (Wildman–Crippen LogP) is -0.603. The molecule has 0 bridgehead atoms. The van der Waals surface area contributed by atoms with Crippen LogP contribution in [0.15, 0.2) is 42.5 Å². The second-order valence-electron chi connectivity index (χ2n) is 5.29.